The summed E-state index contributed by atoms with van der Waals surface area (Å²) in [7, 11) is 0. The average Bonchev–Trinajstić information content (AvgIpc) is 3.33. The molecule has 6 nitrogen and oxygen atoms in total. The lowest BCUT2D eigenvalue weighted by Gasteiger charge is -2.31. The van der Waals surface area contributed by atoms with E-state index in [1.807, 2.05) is 53.6 Å². The second kappa shape index (κ2) is 6.54. The van der Waals surface area contributed by atoms with Crippen LogP contribution in [0.5, 0.6) is 0 Å². The van der Waals surface area contributed by atoms with Crippen molar-refractivity contribution in [3.8, 4) is 0 Å². The molecule has 0 bridgehead atoms. The highest BCUT2D eigenvalue weighted by Gasteiger charge is 2.27. The minimum atomic E-state index is 0.158. The molecule has 4 heterocycles. The van der Waals surface area contributed by atoms with E-state index in [1.165, 1.54) is 0 Å². The molecule has 4 aromatic rings. The first kappa shape index (κ1) is 16.1. The fourth-order valence-electron chi connectivity index (χ4n) is 3.97. The van der Waals surface area contributed by atoms with Crippen LogP contribution >= 0.6 is 0 Å². The number of piperidine rings is 1. The van der Waals surface area contributed by atoms with Crippen molar-refractivity contribution in [3.63, 3.8) is 0 Å². The van der Waals surface area contributed by atoms with E-state index >= 15 is 0 Å². The van der Waals surface area contributed by atoms with Crippen LogP contribution < -0.4 is 0 Å². The highest BCUT2D eigenvalue weighted by Crippen LogP contribution is 2.28. The summed E-state index contributed by atoms with van der Waals surface area (Å²) in [6, 6.07) is 13.8. The van der Waals surface area contributed by atoms with Crippen LogP contribution in [0.1, 0.15) is 30.1 Å². The van der Waals surface area contributed by atoms with Crippen molar-refractivity contribution in [2.75, 3.05) is 13.1 Å². The average molecular weight is 360 g/mol. The molecule has 136 valence electrons. The predicted octanol–water partition coefficient (Wildman–Crippen LogP) is 3.42. The Labute approximate surface area is 156 Å². The van der Waals surface area contributed by atoms with Crippen molar-refractivity contribution >= 4 is 22.5 Å². The molecule has 1 aliphatic heterocycles. The van der Waals surface area contributed by atoms with Crippen LogP contribution in [0.2, 0.25) is 0 Å². The highest BCUT2D eigenvalue weighted by atomic mass is 16.3. The Balaban J connectivity index is 1.27. The number of carbonyl (C=O) groups excluding carboxylic acids is 1. The molecule has 1 fully saturated rings. The Morgan fingerprint density at radius 3 is 2.78 bits per heavy atom. The fraction of sp³-hybridized carbons (Fsp3) is 0.286. The molecule has 6 heteroatoms. The lowest BCUT2D eigenvalue weighted by molar-refractivity contribution is -0.131. The minimum absolute atomic E-state index is 0.158. The Hall–Kier alpha value is -3.15. The van der Waals surface area contributed by atoms with Gasteiger partial charge in [-0.25, -0.2) is 0 Å². The molecule has 1 aromatic carbocycles. The molecule has 5 rings (SSSR count). The number of carbonyl (C=O) groups is 1. The molecular formula is C21H20N4O2. The third kappa shape index (κ3) is 2.87. The van der Waals surface area contributed by atoms with Crippen LogP contribution in [-0.4, -0.2) is 38.5 Å². The van der Waals surface area contributed by atoms with Crippen molar-refractivity contribution in [3.05, 3.63) is 66.3 Å². The summed E-state index contributed by atoms with van der Waals surface area (Å²) >= 11 is 0. The van der Waals surface area contributed by atoms with Crippen molar-refractivity contribution in [2.24, 2.45) is 0 Å². The first-order chi connectivity index (χ1) is 13.3. The van der Waals surface area contributed by atoms with Crippen LogP contribution in [0.4, 0.5) is 0 Å². The number of amides is 1. The molecule has 0 radical (unpaired) electrons. The maximum atomic E-state index is 12.8. The molecule has 0 saturated carbocycles. The number of benzene rings is 1. The fourth-order valence-corrected chi connectivity index (χ4v) is 3.97. The van der Waals surface area contributed by atoms with Crippen molar-refractivity contribution in [1.82, 2.24) is 19.5 Å². The van der Waals surface area contributed by atoms with Gasteiger partial charge in [-0.05, 0) is 31.0 Å². The summed E-state index contributed by atoms with van der Waals surface area (Å²) in [5.41, 5.74) is 2.66. The SMILES string of the molecule is O=C(Cc1coc2ccccc12)N1CCC(c2nnc3ccccn23)CC1. The zero-order valence-corrected chi connectivity index (χ0v) is 14.9. The van der Waals surface area contributed by atoms with Crippen LogP contribution in [-0.2, 0) is 11.2 Å². The Bertz CT molecular complexity index is 1110. The van der Waals surface area contributed by atoms with Gasteiger partial charge in [0.05, 0.1) is 12.7 Å². The van der Waals surface area contributed by atoms with Gasteiger partial charge in [0, 0.05) is 36.2 Å². The van der Waals surface area contributed by atoms with E-state index in [9.17, 15) is 4.79 Å². The topological polar surface area (TPSA) is 63.6 Å². The van der Waals surface area contributed by atoms with Crippen LogP contribution in [0, 0.1) is 0 Å². The van der Waals surface area contributed by atoms with Gasteiger partial charge in [0.15, 0.2) is 5.65 Å². The molecule has 3 aromatic heterocycles. The van der Waals surface area contributed by atoms with Gasteiger partial charge in [-0.15, -0.1) is 10.2 Å². The number of furan rings is 1. The highest BCUT2D eigenvalue weighted by molar-refractivity contribution is 5.87. The molecule has 0 unspecified atom stereocenters. The second-order valence-corrected chi connectivity index (χ2v) is 7.08. The monoisotopic (exact) mass is 360 g/mol. The molecule has 0 spiro atoms. The number of hydrogen-bond acceptors (Lipinski definition) is 4. The summed E-state index contributed by atoms with van der Waals surface area (Å²) < 4.78 is 7.61. The quantitative estimate of drug-likeness (QED) is 0.562. The van der Waals surface area contributed by atoms with Gasteiger partial charge < -0.3 is 9.32 Å². The van der Waals surface area contributed by atoms with Gasteiger partial charge in [-0.1, -0.05) is 24.3 Å². The number of nitrogens with zero attached hydrogens (tertiary/aromatic N) is 4. The summed E-state index contributed by atoms with van der Waals surface area (Å²) in [5, 5.41) is 9.65. The summed E-state index contributed by atoms with van der Waals surface area (Å²) in [5.74, 6) is 1.49. The Morgan fingerprint density at radius 1 is 1.07 bits per heavy atom. The van der Waals surface area contributed by atoms with E-state index in [2.05, 4.69) is 14.6 Å². The van der Waals surface area contributed by atoms with Gasteiger partial charge in [0.25, 0.3) is 0 Å². The lowest BCUT2D eigenvalue weighted by Crippen LogP contribution is -2.39. The van der Waals surface area contributed by atoms with E-state index in [4.69, 9.17) is 4.42 Å². The number of likely N-dealkylation sites (tertiary alicyclic amines) is 1. The van der Waals surface area contributed by atoms with Gasteiger partial charge in [0.2, 0.25) is 5.91 Å². The Kier molecular flexibility index (Phi) is 3.89. The Morgan fingerprint density at radius 2 is 1.89 bits per heavy atom. The molecule has 1 aliphatic rings. The molecular weight excluding hydrogens is 340 g/mol. The molecule has 0 N–H and O–H groups in total. The molecule has 1 amide bonds. The van der Waals surface area contributed by atoms with Gasteiger partial charge in [0.1, 0.15) is 11.4 Å². The molecule has 1 saturated heterocycles. The number of para-hydroxylation sites is 1. The lowest BCUT2D eigenvalue weighted by atomic mass is 9.95. The van der Waals surface area contributed by atoms with Gasteiger partial charge in [-0.3, -0.25) is 9.20 Å². The zero-order valence-electron chi connectivity index (χ0n) is 14.9. The largest absolute Gasteiger partial charge is 0.464 e. The maximum absolute atomic E-state index is 12.8. The zero-order chi connectivity index (χ0) is 18.2. The van der Waals surface area contributed by atoms with Crippen LogP contribution in [0.25, 0.3) is 16.6 Å². The first-order valence-electron chi connectivity index (χ1n) is 9.32. The van der Waals surface area contributed by atoms with Gasteiger partial charge in [-0.2, -0.15) is 0 Å². The second-order valence-electron chi connectivity index (χ2n) is 7.08. The summed E-state index contributed by atoms with van der Waals surface area (Å²) in [6.07, 6.45) is 5.92. The number of hydrogen-bond donors (Lipinski definition) is 0. The minimum Gasteiger partial charge on any atom is -0.464 e. The predicted molar refractivity (Wildman–Crippen MR) is 101 cm³/mol. The van der Waals surface area contributed by atoms with E-state index in [0.29, 0.717) is 12.3 Å². The third-order valence-corrected chi connectivity index (χ3v) is 5.46. The van der Waals surface area contributed by atoms with Crippen molar-refractivity contribution in [2.45, 2.75) is 25.2 Å². The van der Waals surface area contributed by atoms with E-state index < -0.39 is 0 Å². The number of rotatable bonds is 3. The van der Waals surface area contributed by atoms with Crippen LogP contribution in [0.15, 0.2) is 59.3 Å². The number of aromatic nitrogens is 3. The van der Waals surface area contributed by atoms with E-state index in [1.54, 1.807) is 6.26 Å². The molecule has 27 heavy (non-hydrogen) atoms. The van der Waals surface area contributed by atoms with Crippen molar-refractivity contribution in [1.29, 1.82) is 0 Å². The van der Waals surface area contributed by atoms with Crippen molar-refractivity contribution < 1.29 is 9.21 Å². The standard InChI is InChI=1S/C21H20N4O2/c26-20(13-16-14-27-18-6-2-1-5-17(16)18)24-11-8-15(9-12-24)21-23-22-19-7-3-4-10-25(19)21/h1-7,10,14-15H,8-9,11-13H2. The normalized spacial score (nSPS) is 15.6. The van der Waals surface area contributed by atoms with E-state index in [-0.39, 0.29) is 5.91 Å². The summed E-state index contributed by atoms with van der Waals surface area (Å²) in [6.45, 7) is 1.50. The third-order valence-electron chi connectivity index (χ3n) is 5.46. The molecule has 0 aliphatic carbocycles. The summed E-state index contributed by atoms with van der Waals surface area (Å²) in [4.78, 5) is 14.7. The first-order valence-corrected chi connectivity index (χ1v) is 9.32. The number of pyridine rings is 1. The smallest absolute Gasteiger partial charge is 0.227 e. The number of fused-ring (bicyclic) bond motifs is 2. The molecule has 0 atom stereocenters. The van der Waals surface area contributed by atoms with Crippen LogP contribution in [0.3, 0.4) is 0 Å². The van der Waals surface area contributed by atoms with E-state index in [0.717, 1.165) is 53.9 Å². The van der Waals surface area contributed by atoms with Gasteiger partial charge >= 0.3 is 0 Å². The maximum Gasteiger partial charge on any atom is 0.227 e.